The largest absolute Gasteiger partial charge is 0.494 e. The third-order valence-corrected chi connectivity index (χ3v) is 5.20. The Hall–Kier alpha value is -4.13. The van der Waals surface area contributed by atoms with E-state index in [-0.39, 0.29) is 11.3 Å². The molecule has 3 aromatic carbocycles. The van der Waals surface area contributed by atoms with Crippen LogP contribution in [0.25, 0.3) is 5.57 Å². The van der Waals surface area contributed by atoms with Crippen LogP contribution in [0.4, 0.5) is 15.8 Å². The molecule has 0 unspecified atom stereocenters. The van der Waals surface area contributed by atoms with E-state index >= 15 is 0 Å². The first-order valence-electron chi connectivity index (χ1n) is 11.1. The van der Waals surface area contributed by atoms with Gasteiger partial charge in [0.2, 0.25) is 0 Å². The highest BCUT2D eigenvalue weighted by Crippen LogP contribution is 2.38. The van der Waals surface area contributed by atoms with Crippen LogP contribution in [0.2, 0.25) is 0 Å². The number of anilines is 2. The monoisotopic (exact) mass is 460 g/mol. The van der Waals surface area contributed by atoms with Crippen molar-refractivity contribution in [2.75, 3.05) is 23.4 Å². The highest BCUT2D eigenvalue weighted by molar-refractivity contribution is 6.46. The fourth-order valence-corrected chi connectivity index (χ4v) is 3.70. The fraction of sp³-hybridized carbons (Fsp3) is 0.185. The number of nitrogens with zero attached hydrogens (tertiary/aromatic N) is 1. The van der Waals surface area contributed by atoms with Crippen LogP contribution in [0.15, 0.2) is 78.5 Å². The van der Waals surface area contributed by atoms with Crippen molar-refractivity contribution in [2.45, 2.75) is 20.3 Å². The van der Waals surface area contributed by atoms with Crippen LogP contribution >= 0.6 is 0 Å². The number of halogens is 1. The van der Waals surface area contributed by atoms with Crippen LogP contribution < -0.4 is 19.7 Å². The molecule has 4 rings (SSSR count). The number of para-hydroxylation sites is 2. The molecular weight excluding hydrogens is 435 g/mol. The second kappa shape index (κ2) is 10.2. The summed E-state index contributed by atoms with van der Waals surface area (Å²) in [5.41, 5.74) is 1.60. The molecule has 0 aliphatic carbocycles. The first-order chi connectivity index (χ1) is 16.5. The number of rotatable bonds is 9. The van der Waals surface area contributed by atoms with E-state index in [0.29, 0.717) is 41.7 Å². The maximum Gasteiger partial charge on any atom is 0.282 e. The number of hydrogen-bond acceptors (Lipinski definition) is 5. The molecule has 7 heteroatoms. The Kier molecular flexibility index (Phi) is 6.92. The maximum absolute atomic E-state index is 13.6. The molecule has 6 nitrogen and oxygen atoms in total. The van der Waals surface area contributed by atoms with Crippen molar-refractivity contribution in [1.82, 2.24) is 0 Å². The number of carbonyl (C=O) groups is 2. The zero-order chi connectivity index (χ0) is 24.1. The zero-order valence-electron chi connectivity index (χ0n) is 19.0. The van der Waals surface area contributed by atoms with Crippen molar-refractivity contribution in [1.29, 1.82) is 0 Å². The number of amides is 2. The molecular formula is C27H25FN2O4. The highest BCUT2D eigenvalue weighted by atomic mass is 19.1. The van der Waals surface area contributed by atoms with E-state index in [1.54, 1.807) is 42.5 Å². The zero-order valence-corrected chi connectivity index (χ0v) is 19.0. The molecule has 1 aliphatic heterocycles. The van der Waals surface area contributed by atoms with Gasteiger partial charge in [-0.05, 0) is 55.3 Å². The molecule has 0 saturated carbocycles. The summed E-state index contributed by atoms with van der Waals surface area (Å²) < 4.78 is 24.9. The van der Waals surface area contributed by atoms with Gasteiger partial charge in [-0.1, -0.05) is 37.3 Å². The summed E-state index contributed by atoms with van der Waals surface area (Å²) in [5.74, 6) is -0.427. The van der Waals surface area contributed by atoms with Gasteiger partial charge >= 0.3 is 0 Å². The third kappa shape index (κ3) is 4.64. The number of imide groups is 1. The fourth-order valence-electron chi connectivity index (χ4n) is 3.70. The van der Waals surface area contributed by atoms with Crippen LogP contribution in [-0.2, 0) is 9.59 Å². The molecule has 34 heavy (non-hydrogen) atoms. The standard InChI is InChI=1S/C27H25FN2O4/c1-3-16-34-21-9-7-8-20(17-21)29-25-24(18-12-14-19(28)15-13-18)26(31)30(27(25)32)22-10-5-6-11-23(22)33-4-2/h5-15,17,29H,3-4,16H2,1-2H3. The average Bonchev–Trinajstić information content (AvgIpc) is 3.08. The van der Waals surface area contributed by atoms with E-state index in [4.69, 9.17) is 9.47 Å². The lowest BCUT2D eigenvalue weighted by Gasteiger charge is -2.19. The third-order valence-electron chi connectivity index (χ3n) is 5.20. The number of benzene rings is 3. The first kappa shape index (κ1) is 23.0. The van der Waals surface area contributed by atoms with Gasteiger partial charge in [-0.3, -0.25) is 9.59 Å². The van der Waals surface area contributed by atoms with Crippen molar-refractivity contribution in [2.24, 2.45) is 0 Å². The van der Waals surface area contributed by atoms with Crippen molar-refractivity contribution in [3.63, 3.8) is 0 Å². The van der Waals surface area contributed by atoms with E-state index in [9.17, 15) is 14.0 Å². The molecule has 0 aromatic heterocycles. The van der Waals surface area contributed by atoms with Gasteiger partial charge in [0.25, 0.3) is 11.8 Å². The van der Waals surface area contributed by atoms with Crippen molar-refractivity contribution in [3.8, 4) is 11.5 Å². The van der Waals surface area contributed by atoms with E-state index < -0.39 is 17.6 Å². The second-order valence-electron chi connectivity index (χ2n) is 7.60. The minimum Gasteiger partial charge on any atom is -0.494 e. The molecule has 0 bridgehead atoms. The van der Waals surface area contributed by atoms with Crippen molar-refractivity contribution < 1.29 is 23.5 Å². The molecule has 0 saturated heterocycles. The van der Waals surface area contributed by atoms with Gasteiger partial charge in [-0.15, -0.1) is 0 Å². The first-order valence-corrected chi connectivity index (χ1v) is 11.1. The Labute approximate surface area is 197 Å². The molecule has 0 radical (unpaired) electrons. The molecule has 0 spiro atoms. The summed E-state index contributed by atoms with van der Waals surface area (Å²) in [6.45, 7) is 4.78. The normalized spacial score (nSPS) is 13.4. The minimum absolute atomic E-state index is 0.0931. The Morgan fingerprint density at radius 2 is 1.65 bits per heavy atom. The van der Waals surface area contributed by atoms with E-state index in [1.807, 2.05) is 19.9 Å². The number of carbonyl (C=O) groups excluding carboxylic acids is 2. The molecule has 1 heterocycles. The van der Waals surface area contributed by atoms with Crippen LogP contribution in [0.1, 0.15) is 25.8 Å². The number of nitrogens with one attached hydrogen (secondary N) is 1. The van der Waals surface area contributed by atoms with Crippen molar-refractivity contribution >= 4 is 28.8 Å². The van der Waals surface area contributed by atoms with Crippen molar-refractivity contribution in [3.05, 3.63) is 89.9 Å². The molecule has 174 valence electrons. The minimum atomic E-state index is -0.531. The van der Waals surface area contributed by atoms with Gasteiger partial charge in [-0.2, -0.15) is 0 Å². The lowest BCUT2D eigenvalue weighted by molar-refractivity contribution is -0.120. The molecule has 1 aliphatic rings. The smallest absolute Gasteiger partial charge is 0.282 e. The van der Waals surface area contributed by atoms with Gasteiger partial charge in [-0.25, -0.2) is 9.29 Å². The van der Waals surface area contributed by atoms with Gasteiger partial charge in [0.15, 0.2) is 0 Å². The molecule has 0 fully saturated rings. The van der Waals surface area contributed by atoms with Gasteiger partial charge in [0.1, 0.15) is 23.0 Å². The number of hydrogen-bond donors (Lipinski definition) is 1. The van der Waals surface area contributed by atoms with Crippen LogP contribution in [0, 0.1) is 5.82 Å². The lowest BCUT2D eigenvalue weighted by atomic mass is 10.0. The Bertz CT molecular complexity index is 1240. The van der Waals surface area contributed by atoms with Crippen LogP contribution in [0.3, 0.4) is 0 Å². The lowest BCUT2D eigenvalue weighted by Crippen LogP contribution is -2.32. The predicted molar refractivity (Wildman–Crippen MR) is 129 cm³/mol. The summed E-state index contributed by atoms with van der Waals surface area (Å²) in [5, 5.41) is 3.11. The maximum atomic E-state index is 13.6. The van der Waals surface area contributed by atoms with Crippen LogP contribution in [-0.4, -0.2) is 25.0 Å². The Balaban J connectivity index is 1.78. The van der Waals surface area contributed by atoms with Gasteiger partial charge in [0, 0.05) is 11.8 Å². The Morgan fingerprint density at radius 1 is 0.882 bits per heavy atom. The SMILES string of the molecule is CCCOc1cccc(NC2=C(c3ccc(F)cc3)C(=O)N(c3ccccc3OCC)C2=O)c1. The summed E-state index contributed by atoms with van der Waals surface area (Å²) in [7, 11) is 0. The molecule has 1 N–H and O–H groups in total. The Morgan fingerprint density at radius 3 is 2.38 bits per heavy atom. The van der Waals surface area contributed by atoms with E-state index in [2.05, 4.69) is 5.32 Å². The van der Waals surface area contributed by atoms with Crippen LogP contribution in [0.5, 0.6) is 11.5 Å². The second-order valence-corrected chi connectivity index (χ2v) is 7.60. The predicted octanol–water partition coefficient (Wildman–Crippen LogP) is 5.41. The van der Waals surface area contributed by atoms with E-state index in [1.165, 1.54) is 24.3 Å². The summed E-state index contributed by atoms with van der Waals surface area (Å²) in [6, 6.07) is 19.5. The molecule has 0 atom stereocenters. The molecule has 3 aromatic rings. The average molecular weight is 461 g/mol. The summed E-state index contributed by atoms with van der Waals surface area (Å²) in [4.78, 5) is 28.3. The summed E-state index contributed by atoms with van der Waals surface area (Å²) >= 11 is 0. The van der Waals surface area contributed by atoms with Gasteiger partial charge in [0.05, 0.1) is 24.5 Å². The number of ether oxygens (including phenoxy) is 2. The quantitative estimate of drug-likeness (QED) is 0.433. The summed E-state index contributed by atoms with van der Waals surface area (Å²) in [6.07, 6.45) is 0.860. The topological polar surface area (TPSA) is 67.9 Å². The van der Waals surface area contributed by atoms with E-state index in [0.717, 1.165) is 11.3 Å². The van der Waals surface area contributed by atoms with Gasteiger partial charge < -0.3 is 14.8 Å². The highest BCUT2D eigenvalue weighted by Gasteiger charge is 2.41. The molecule has 2 amide bonds.